The van der Waals surface area contributed by atoms with E-state index in [4.69, 9.17) is 42.6 Å². The van der Waals surface area contributed by atoms with E-state index in [0.717, 1.165) is 5.56 Å². The van der Waals surface area contributed by atoms with Gasteiger partial charge in [-0.05, 0) is 19.4 Å². The van der Waals surface area contributed by atoms with Gasteiger partial charge in [0, 0.05) is 14.2 Å². The van der Waals surface area contributed by atoms with Crippen molar-refractivity contribution in [3.63, 3.8) is 0 Å². The second kappa shape index (κ2) is 10.1. The molecule has 0 aliphatic carbocycles. The largest absolute Gasteiger partial charge is 0.387 e. The predicted octanol–water partition coefficient (Wildman–Crippen LogP) is 0.979. The zero-order valence-corrected chi connectivity index (χ0v) is 19.9. The van der Waals surface area contributed by atoms with Crippen molar-refractivity contribution in [1.82, 2.24) is 0 Å². The molecule has 4 fully saturated rings. The molecule has 0 amide bonds. The summed E-state index contributed by atoms with van der Waals surface area (Å²) in [6.45, 7) is 4.60. The summed E-state index contributed by atoms with van der Waals surface area (Å²) in [6, 6.07) is 9.72. The van der Waals surface area contributed by atoms with Crippen LogP contribution in [-0.4, -0.2) is 99.7 Å². The lowest BCUT2D eigenvalue weighted by Crippen LogP contribution is -2.67. The highest BCUT2D eigenvalue weighted by molar-refractivity contribution is 5.13. The van der Waals surface area contributed by atoms with Gasteiger partial charge in [0.2, 0.25) is 0 Å². The van der Waals surface area contributed by atoms with E-state index in [-0.39, 0.29) is 6.61 Å². The third-order valence-corrected chi connectivity index (χ3v) is 6.77. The third-order valence-electron chi connectivity index (χ3n) is 6.77. The van der Waals surface area contributed by atoms with Crippen LogP contribution in [0.5, 0.6) is 0 Å². The molecule has 0 unspecified atom stereocenters. The van der Waals surface area contributed by atoms with E-state index in [2.05, 4.69) is 0 Å². The molecule has 34 heavy (non-hydrogen) atoms. The van der Waals surface area contributed by atoms with Crippen LogP contribution in [-0.2, 0) is 49.2 Å². The number of hydrogen-bond acceptors (Lipinski definition) is 10. The number of aliphatic hydroxyl groups is 1. The molecule has 10 nitrogen and oxygen atoms in total. The third kappa shape index (κ3) is 4.77. The van der Waals surface area contributed by atoms with Crippen molar-refractivity contribution in [2.24, 2.45) is 0 Å². The molecule has 4 aliphatic heterocycles. The zero-order valence-electron chi connectivity index (χ0n) is 19.9. The van der Waals surface area contributed by atoms with Crippen molar-refractivity contribution in [2.75, 3.05) is 27.4 Å². The van der Waals surface area contributed by atoms with Crippen LogP contribution >= 0.6 is 0 Å². The SMILES string of the molecule is CO[C@@H]1[C@@H](OC)[C@H](O[C@H]2[C@H](O)[C@@H](OCc3ccccc3)[C@@H]3OC[C@@H]2O3)O[C@@H]2COC(C)(C)O[C@@H]12. The molecule has 4 saturated heterocycles. The second-order valence-corrected chi connectivity index (χ2v) is 9.47. The molecule has 2 bridgehead atoms. The van der Waals surface area contributed by atoms with Gasteiger partial charge in [0.25, 0.3) is 0 Å². The van der Waals surface area contributed by atoms with Crippen molar-refractivity contribution in [3.8, 4) is 0 Å². The highest BCUT2D eigenvalue weighted by Crippen LogP contribution is 2.38. The fourth-order valence-corrected chi connectivity index (χ4v) is 5.04. The quantitative estimate of drug-likeness (QED) is 0.605. The van der Waals surface area contributed by atoms with E-state index < -0.39 is 67.2 Å². The molecule has 0 aromatic heterocycles. The Morgan fingerprint density at radius 1 is 0.941 bits per heavy atom. The van der Waals surface area contributed by atoms with Gasteiger partial charge in [0.05, 0.1) is 19.8 Å². The topological polar surface area (TPSA) is 103 Å². The van der Waals surface area contributed by atoms with E-state index in [1.54, 1.807) is 14.2 Å². The summed E-state index contributed by atoms with van der Waals surface area (Å²) in [4.78, 5) is 0. The molecule has 4 heterocycles. The Labute approximate surface area is 199 Å². The van der Waals surface area contributed by atoms with Crippen molar-refractivity contribution in [2.45, 2.75) is 87.7 Å². The molecule has 1 N–H and O–H groups in total. The standard InChI is InChI=1S/C24H34O10/c1-24(2)30-12-15-18(34-24)20(26-3)21(27-4)23(32-15)33-17-14-11-29-22(31-14)19(16(17)25)28-10-13-8-6-5-7-9-13/h5-9,14-23,25H,10-12H2,1-4H3/t14-,15+,16-,17+,18+,19+,20-,21+,22+,23-/m0/s1. The number of ether oxygens (including phenoxy) is 9. The lowest BCUT2D eigenvalue weighted by molar-refractivity contribution is -0.397. The molecular formula is C24H34O10. The molecule has 0 spiro atoms. The minimum atomic E-state index is -0.993. The van der Waals surface area contributed by atoms with Gasteiger partial charge < -0.3 is 47.7 Å². The smallest absolute Gasteiger partial charge is 0.187 e. The van der Waals surface area contributed by atoms with Gasteiger partial charge >= 0.3 is 0 Å². The average Bonchev–Trinajstić information content (AvgIpc) is 3.27. The normalized spacial score (nSPS) is 43.4. The number of methoxy groups -OCH3 is 2. The highest BCUT2D eigenvalue weighted by Gasteiger charge is 2.56. The number of fused-ring (bicyclic) bond motifs is 3. The summed E-state index contributed by atoms with van der Waals surface area (Å²) in [5.74, 6) is -0.764. The molecule has 0 radical (unpaired) electrons. The molecule has 1 aromatic rings. The first kappa shape index (κ1) is 24.5. The summed E-state index contributed by atoms with van der Waals surface area (Å²) >= 11 is 0. The van der Waals surface area contributed by atoms with E-state index in [1.807, 2.05) is 44.2 Å². The Kier molecular flexibility index (Phi) is 7.25. The van der Waals surface area contributed by atoms with Crippen molar-refractivity contribution < 1.29 is 47.7 Å². The highest BCUT2D eigenvalue weighted by atomic mass is 16.8. The maximum absolute atomic E-state index is 11.2. The fourth-order valence-electron chi connectivity index (χ4n) is 5.04. The summed E-state index contributed by atoms with van der Waals surface area (Å²) in [5.41, 5.74) is 0.983. The monoisotopic (exact) mass is 482 g/mol. The van der Waals surface area contributed by atoms with Gasteiger partial charge in [0.1, 0.15) is 48.8 Å². The van der Waals surface area contributed by atoms with Crippen LogP contribution in [0.25, 0.3) is 0 Å². The number of benzene rings is 1. The van der Waals surface area contributed by atoms with Gasteiger partial charge in [-0.3, -0.25) is 0 Å². The summed E-state index contributed by atoms with van der Waals surface area (Å²) in [6.07, 6.45) is -6.32. The Bertz CT molecular complexity index is 806. The first-order chi connectivity index (χ1) is 16.4. The summed E-state index contributed by atoms with van der Waals surface area (Å²) < 4.78 is 53.6. The lowest BCUT2D eigenvalue weighted by atomic mass is 9.96. The number of hydrogen-bond donors (Lipinski definition) is 1. The summed E-state index contributed by atoms with van der Waals surface area (Å²) in [5, 5.41) is 11.2. The molecule has 4 aliphatic rings. The van der Waals surface area contributed by atoms with Gasteiger partial charge in [-0.15, -0.1) is 0 Å². The fraction of sp³-hybridized carbons (Fsp3) is 0.750. The second-order valence-electron chi connectivity index (χ2n) is 9.47. The molecule has 0 saturated carbocycles. The molecular weight excluding hydrogens is 448 g/mol. The van der Waals surface area contributed by atoms with E-state index >= 15 is 0 Å². The molecule has 1 aromatic carbocycles. The Morgan fingerprint density at radius 3 is 2.44 bits per heavy atom. The van der Waals surface area contributed by atoms with Gasteiger partial charge in [-0.1, -0.05) is 30.3 Å². The summed E-state index contributed by atoms with van der Waals surface area (Å²) in [7, 11) is 3.17. The number of aliphatic hydroxyl groups excluding tert-OH is 1. The molecule has 10 heteroatoms. The van der Waals surface area contributed by atoms with Crippen LogP contribution in [0, 0.1) is 0 Å². The van der Waals surface area contributed by atoms with Crippen LogP contribution in [0.4, 0.5) is 0 Å². The Morgan fingerprint density at radius 2 is 1.71 bits per heavy atom. The lowest BCUT2D eigenvalue weighted by Gasteiger charge is -2.51. The minimum Gasteiger partial charge on any atom is -0.387 e. The van der Waals surface area contributed by atoms with Crippen LogP contribution in [0.3, 0.4) is 0 Å². The minimum absolute atomic E-state index is 0.280. The molecule has 5 rings (SSSR count). The average molecular weight is 483 g/mol. The predicted molar refractivity (Wildman–Crippen MR) is 116 cm³/mol. The van der Waals surface area contributed by atoms with Crippen LogP contribution in [0.1, 0.15) is 19.4 Å². The Balaban J connectivity index is 1.30. The van der Waals surface area contributed by atoms with E-state index in [9.17, 15) is 5.11 Å². The van der Waals surface area contributed by atoms with Gasteiger partial charge in [-0.2, -0.15) is 0 Å². The van der Waals surface area contributed by atoms with Crippen LogP contribution in [0.15, 0.2) is 30.3 Å². The first-order valence-corrected chi connectivity index (χ1v) is 11.7. The Hall–Kier alpha value is -1.18. The van der Waals surface area contributed by atoms with Crippen molar-refractivity contribution >= 4 is 0 Å². The van der Waals surface area contributed by atoms with Gasteiger partial charge in [-0.25, -0.2) is 0 Å². The van der Waals surface area contributed by atoms with Crippen molar-refractivity contribution in [1.29, 1.82) is 0 Å². The molecule has 10 atom stereocenters. The van der Waals surface area contributed by atoms with Crippen molar-refractivity contribution in [3.05, 3.63) is 35.9 Å². The first-order valence-electron chi connectivity index (χ1n) is 11.7. The maximum atomic E-state index is 11.2. The maximum Gasteiger partial charge on any atom is 0.187 e. The van der Waals surface area contributed by atoms with Crippen LogP contribution < -0.4 is 0 Å². The van der Waals surface area contributed by atoms with E-state index in [1.165, 1.54) is 0 Å². The zero-order chi connectivity index (χ0) is 23.9. The van der Waals surface area contributed by atoms with Crippen LogP contribution in [0.2, 0.25) is 0 Å². The van der Waals surface area contributed by atoms with E-state index in [0.29, 0.717) is 13.2 Å². The molecule has 190 valence electrons. The number of rotatable bonds is 7. The van der Waals surface area contributed by atoms with Gasteiger partial charge in [0.15, 0.2) is 18.4 Å².